The summed E-state index contributed by atoms with van der Waals surface area (Å²) in [5, 5.41) is 0. The second-order valence-corrected chi connectivity index (χ2v) is 6.77. The molecule has 4 heteroatoms. The van der Waals surface area contributed by atoms with Gasteiger partial charge in [0.1, 0.15) is 0 Å². The molecule has 0 bridgehead atoms. The van der Waals surface area contributed by atoms with E-state index in [0.29, 0.717) is 23.6 Å². The molecular formula is C16H24N2O2. The van der Waals surface area contributed by atoms with E-state index in [4.69, 9.17) is 4.74 Å². The fourth-order valence-corrected chi connectivity index (χ4v) is 5.16. The molecule has 0 radical (unpaired) electrons. The SMILES string of the molecule is COC1=CCC2C3CCCN4CCCC(CN2C1=O)C34. The first-order valence-electron chi connectivity index (χ1n) is 8.09. The van der Waals surface area contributed by atoms with Crippen LogP contribution in [0.2, 0.25) is 0 Å². The van der Waals surface area contributed by atoms with Gasteiger partial charge in [0, 0.05) is 18.6 Å². The number of piperidine rings is 3. The monoisotopic (exact) mass is 276 g/mol. The van der Waals surface area contributed by atoms with Crippen molar-refractivity contribution in [2.24, 2.45) is 11.8 Å². The Morgan fingerprint density at radius 1 is 1.25 bits per heavy atom. The highest BCUT2D eigenvalue weighted by Crippen LogP contribution is 2.44. The fraction of sp³-hybridized carbons (Fsp3) is 0.812. The van der Waals surface area contributed by atoms with Gasteiger partial charge in [0.2, 0.25) is 0 Å². The summed E-state index contributed by atoms with van der Waals surface area (Å²) in [5.74, 6) is 2.06. The number of methoxy groups -OCH3 is 1. The Morgan fingerprint density at radius 3 is 2.85 bits per heavy atom. The second kappa shape index (κ2) is 4.76. The first-order valence-corrected chi connectivity index (χ1v) is 8.09. The van der Waals surface area contributed by atoms with Crippen molar-refractivity contribution in [2.75, 3.05) is 26.7 Å². The van der Waals surface area contributed by atoms with Crippen LogP contribution < -0.4 is 0 Å². The third-order valence-corrected chi connectivity index (χ3v) is 5.91. The first kappa shape index (κ1) is 12.7. The molecule has 4 aliphatic rings. The summed E-state index contributed by atoms with van der Waals surface area (Å²) < 4.78 is 5.25. The summed E-state index contributed by atoms with van der Waals surface area (Å²) in [6.45, 7) is 3.50. The van der Waals surface area contributed by atoms with Gasteiger partial charge in [0.15, 0.2) is 5.76 Å². The average Bonchev–Trinajstić information content (AvgIpc) is 2.49. The van der Waals surface area contributed by atoms with Crippen LogP contribution in [0.1, 0.15) is 32.1 Å². The summed E-state index contributed by atoms with van der Waals surface area (Å²) in [4.78, 5) is 17.4. The van der Waals surface area contributed by atoms with Crippen LogP contribution in [0.15, 0.2) is 11.8 Å². The van der Waals surface area contributed by atoms with Crippen LogP contribution in [0, 0.1) is 11.8 Å². The maximum atomic E-state index is 12.5. The number of ether oxygens (including phenoxy) is 1. The molecule has 4 atom stereocenters. The van der Waals surface area contributed by atoms with Crippen LogP contribution in [0.4, 0.5) is 0 Å². The highest BCUT2D eigenvalue weighted by Gasteiger charge is 2.50. The predicted molar refractivity (Wildman–Crippen MR) is 76.0 cm³/mol. The Morgan fingerprint density at radius 2 is 2.05 bits per heavy atom. The molecule has 4 heterocycles. The molecule has 4 nitrogen and oxygen atoms in total. The summed E-state index contributed by atoms with van der Waals surface area (Å²) in [6.07, 6.45) is 8.19. The molecule has 0 aromatic heterocycles. The van der Waals surface area contributed by atoms with Crippen molar-refractivity contribution in [1.82, 2.24) is 9.80 Å². The maximum Gasteiger partial charge on any atom is 0.288 e. The zero-order chi connectivity index (χ0) is 13.7. The number of hydrogen-bond acceptors (Lipinski definition) is 3. The number of carbonyl (C=O) groups is 1. The van der Waals surface area contributed by atoms with Crippen LogP contribution >= 0.6 is 0 Å². The molecule has 3 fully saturated rings. The molecular weight excluding hydrogens is 252 g/mol. The lowest BCUT2D eigenvalue weighted by atomic mass is 9.68. The lowest BCUT2D eigenvalue weighted by Gasteiger charge is -2.58. The first-order chi connectivity index (χ1) is 9.79. The normalized spacial score (nSPS) is 40.8. The third kappa shape index (κ3) is 1.73. The summed E-state index contributed by atoms with van der Waals surface area (Å²) in [7, 11) is 1.61. The zero-order valence-corrected chi connectivity index (χ0v) is 12.3. The van der Waals surface area contributed by atoms with E-state index >= 15 is 0 Å². The minimum absolute atomic E-state index is 0.130. The molecule has 0 aliphatic carbocycles. The van der Waals surface area contributed by atoms with E-state index in [1.165, 1.54) is 38.8 Å². The van der Waals surface area contributed by atoms with Crippen LogP contribution in [0.25, 0.3) is 0 Å². The maximum absolute atomic E-state index is 12.5. The molecule has 3 saturated heterocycles. The summed E-state index contributed by atoms with van der Waals surface area (Å²) >= 11 is 0. The van der Waals surface area contributed by atoms with E-state index in [9.17, 15) is 4.79 Å². The van der Waals surface area contributed by atoms with Crippen LogP contribution in [0.5, 0.6) is 0 Å². The van der Waals surface area contributed by atoms with Gasteiger partial charge in [-0.25, -0.2) is 0 Å². The smallest absolute Gasteiger partial charge is 0.288 e. The average molecular weight is 276 g/mol. The topological polar surface area (TPSA) is 32.8 Å². The van der Waals surface area contributed by atoms with E-state index in [2.05, 4.69) is 9.80 Å². The number of nitrogens with zero attached hydrogens (tertiary/aromatic N) is 2. The summed E-state index contributed by atoms with van der Waals surface area (Å²) in [5.41, 5.74) is 0. The lowest BCUT2D eigenvalue weighted by Crippen LogP contribution is -2.66. The van der Waals surface area contributed by atoms with Crippen LogP contribution in [-0.2, 0) is 9.53 Å². The van der Waals surface area contributed by atoms with Crippen LogP contribution in [-0.4, -0.2) is 54.5 Å². The van der Waals surface area contributed by atoms with E-state index in [1.807, 2.05) is 6.08 Å². The highest BCUT2D eigenvalue weighted by atomic mass is 16.5. The van der Waals surface area contributed by atoms with Crippen molar-refractivity contribution in [3.8, 4) is 0 Å². The number of carbonyl (C=O) groups excluding carboxylic acids is 1. The molecule has 0 spiro atoms. The van der Waals surface area contributed by atoms with Gasteiger partial charge in [-0.3, -0.25) is 9.69 Å². The number of amides is 1. The molecule has 4 unspecified atom stereocenters. The highest BCUT2D eigenvalue weighted by molar-refractivity contribution is 5.92. The molecule has 0 aromatic carbocycles. The van der Waals surface area contributed by atoms with Crippen molar-refractivity contribution < 1.29 is 9.53 Å². The van der Waals surface area contributed by atoms with Gasteiger partial charge in [0.25, 0.3) is 5.91 Å². The van der Waals surface area contributed by atoms with Crippen LogP contribution in [0.3, 0.4) is 0 Å². The molecule has 20 heavy (non-hydrogen) atoms. The fourth-order valence-electron chi connectivity index (χ4n) is 5.16. The van der Waals surface area contributed by atoms with Gasteiger partial charge in [0.05, 0.1) is 7.11 Å². The Kier molecular flexibility index (Phi) is 3.02. The van der Waals surface area contributed by atoms with Crippen molar-refractivity contribution in [1.29, 1.82) is 0 Å². The third-order valence-electron chi connectivity index (χ3n) is 5.91. The number of hydrogen-bond donors (Lipinski definition) is 0. The zero-order valence-electron chi connectivity index (χ0n) is 12.3. The molecule has 0 N–H and O–H groups in total. The molecule has 110 valence electrons. The van der Waals surface area contributed by atoms with Gasteiger partial charge >= 0.3 is 0 Å². The molecule has 0 saturated carbocycles. The Bertz CT molecular complexity index is 446. The minimum atomic E-state index is 0.130. The molecule has 0 aromatic rings. The second-order valence-electron chi connectivity index (χ2n) is 6.77. The van der Waals surface area contributed by atoms with E-state index in [0.717, 1.165) is 19.0 Å². The van der Waals surface area contributed by atoms with Crippen molar-refractivity contribution in [3.63, 3.8) is 0 Å². The minimum Gasteiger partial charge on any atom is -0.491 e. The molecule has 4 aliphatic heterocycles. The largest absolute Gasteiger partial charge is 0.491 e. The number of rotatable bonds is 1. The standard InChI is InChI=1S/C16H24N2O2/c1-20-14-7-6-13-12-5-3-9-17-8-2-4-11(15(12)17)10-18(13)16(14)19/h7,11-13,15H,2-6,8-10H2,1H3. The Labute approximate surface area is 120 Å². The molecule has 4 rings (SSSR count). The Balaban J connectivity index is 1.66. The summed E-state index contributed by atoms with van der Waals surface area (Å²) in [6, 6.07) is 1.16. The predicted octanol–water partition coefficient (Wildman–Crippen LogP) is 1.62. The quantitative estimate of drug-likeness (QED) is 0.729. The van der Waals surface area contributed by atoms with Crippen molar-refractivity contribution in [2.45, 2.75) is 44.2 Å². The van der Waals surface area contributed by atoms with E-state index in [1.54, 1.807) is 7.11 Å². The Hall–Kier alpha value is -1.03. The van der Waals surface area contributed by atoms with E-state index in [-0.39, 0.29) is 5.91 Å². The van der Waals surface area contributed by atoms with Crippen molar-refractivity contribution >= 4 is 5.91 Å². The van der Waals surface area contributed by atoms with Gasteiger partial charge in [-0.2, -0.15) is 0 Å². The van der Waals surface area contributed by atoms with Gasteiger partial charge in [-0.15, -0.1) is 0 Å². The van der Waals surface area contributed by atoms with E-state index < -0.39 is 0 Å². The van der Waals surface area contributed by atoms with Crippen molar-refractivity contribution in [3.05, 3.63) is 11.8 Å². The van der Waals surface area contributed by atoms with Gasteiger partial charge in [-0.1, -0.05) is 0 Å². The number of fused-ring (bicyclic) bond motifs is 2. The van der Waals surface area contributed by atoms with Gasteiger partial charge < -0.3 is 9.64 Å². The lowest BCUT2D eigenvalue weighted by molar-refractivity contribution is -0.146. The van der Waals surface area contributed by atoms with Gasteiger partial charge in [-0.05, 0) is 63.1 Å². The molecule has 1 amide bonds.